The fourth-order valence-corrected chi connectivity index (χ4v) is 3.05. The van der Waals surface area contributed by atoms with Crippen LogP contribution in [0.5, 0.6) is 0 Å². The van der Waals surface area contributed by atoms with Crippen molar-refractivity contribution in [2.45, 2.75) is 32.7 Å². The van der Waals surface area contributed by atoms with Gasteiger partial charge < -0.3 is 10.6 Å². The average Bonchev–Trinajstić information content (AvgIpc) is 2.52. The molecule has 3 rings (SSSR count). The fourth-order valence-electron chi connectivity index (χ4n) is 3.05. The summed E-state index contributed by atoms with van der Waals surface area (Å²) in [4.78, 5) is 0. The van der Waals surface area contributed by atoms with Crippen LogP contribution < -0.4 is 10.6 Å². The summed E-state index contributed by atoms with van der Waals surface area (Å²) in [5.41, 5.74) is 6.99. The van der Waals surface area contributed by atoms with E-state index in [0.717, 1.165) is 26.1 Å². The summed E-state index contributed by atoms with van der Waals surface area (Å²) in [5, 5.41) is 7.14. The Morgan fingerprint density at radius 3 is 2.95 bits per heavy atom. The van der Waals surface area contributed by atoms with Crippen molar-refractivity contribution in [3.8, 4) is 0 Å². The molecule has 0 aliphatic carbocycles. The van der Waals surface area contributed by atoms with Crippen LogP contribution in [-0.4, -0.2) is 13.1 Å². The van der Waals surface area contributed by atoms with E-state index in [1.54, 1.807) is 0 Å². The molecule has 1 aliphatic rings. The largest absolute Gasteiger partial charge is 0.385 e. The van der Waals surface area contributed by atoms with Crippen LogP contribution in [0.15, 0.2) is 42.5 Å². The van der Waals surface area contributed by atoms with Gasteiger partial charge in [0, 0.05) is 18.8 Å². The quantitative estimate of drug-likeness (QED) is 0.816. The van der Waals surface area contributed by atoms with Crippen LogP contribution in [-0.2, 0) is 19.4 Å². The smallest absolute Gasteiger partial charge is 0.0418 e. The summed E-state index contributed by atoms with van der Waals surface area (Å²) in [6.45, 7) is 5.22. The Balaban J connectivity index is 1.54. The van der Waals surface area contributed by atoms with Crippen LogP contribution in [0.1, 0.15) is 28.7 Å². The van der Waals surface area contributed by atoms with Crippen LogP contribution in [0.4, 0.5) is 5.69 Å². The molecular weight excluding hydrogens is 256 g/mol. The first-order valence-electron chi connectivity index (χ1n) is 7.94. The highest BCUT2D eigenvalue weighted by atomic mass is 14.9. The fraction of sp³-hybridized carbons (Fsp3) is 0.368. The van der Waals surface area contributed by atoms with Gasteiger partial charge in [-0.2, -0.15) is 0 Å². The zero-order valence-electron chi connectivity index (χ0n) is 12.8. The lowest BCUT2D eigenvalue weighted by Crippen LogP contribution is -2.20. The molecular formula is C19H24N2. The first kappa shape index (κ1) is 14.2. The van der Waals surface area contributed by atoms with E-state index in [9.17, 15) is 0 Å². The molecule has 0 atom stereocenters. The van der Waals surface area contributed by atoms with Gasteiger partial charge in [0.05, 0.1) is 0 Å². The van der Waals surface area contributed by atoms with E-state index < -0.39 is 0 Å². The van der Waals surface area contributed by atoms with Gasteiger partial charge in [-0.25, -0.2) is 0 Å². The zero-order valence-corrected chi connectivity index (χ0v) is 12.8. The van der Waals surface area contributed by atoms with Crippen molar-refractivity contribution in [3.63, 3.8) is 0 Å². The molecule has 0 aromatic heterocycles. The van der Waals surface area contributed by atoms with Gasteiger partial charge in [0.15, 0.2) is 0 Å². The van der Waals surface area contributed by atoms with Gasteiger partial charge in [-0.15, -0.1) is 0 Å². The lowest BCUT2D eigenvalue weighted by Gasteiger charge is -2.21. The number of nitrogens with one attached hydrogen (secondary N) is 2. The van der Waals surface area contributed by atoms with E-state index >= 15 is 0 Å². The summed E-state index contributed by atoms with van der Waals surface area (Å²) >= 11 is 0. The highest BCUT2D eigenvalue weighted by Gasteiger charge is 2.11. The molecule has 0 bridgehead atoms. The van der Waals surface area contributed by atoms with Crippen molar-refractivity contribution < 1.29 is 0 Å². The molecule has 21 heavy (non-hydrogen) atoms. The molecule has 2 aromatic rings. The molecule has 2 heteroatoms. The molecule has 2 nitrogen and oxygen atoms in total. The number of aryl methyl sites for hydroxylation is 2. The van der Waals surface area contributed by atoms with E-state index in [0.29, 0.717) is 0 Å². The molecule has 0 fully saturated rings. The number of fused-ring (bicyclic) bond motifs is 1. The maximum atomic E-state index is 3.58. The van der Waals surface area contributed by atoms with Crippen molar-refractivity contribution in [3.05, 3.63) is 64.7 Å². The van der Waals surface area contributed by atoms with Crippen molar-refractivity contribution in [1.82, 2.24) is 5.32 Å². The minimum absolute atomic E-state index is 0.946. The van der Waals surface area contributed by atoms with E-state index in [-0.39, 0.29) is 0 Å². The second kappa shape index (κ2) is 6.77. The van der Waals surface area contributed by atoms with Crippen molar-refractivity contribution in [1.29, 1.82) is 0 Å². The number of para-hydroxylation sites is 1. The van der Waals surface area contributed by atoms with E-state index in [4.69, 9.17) is 0 Å². The van der Waals surface area contributed by atoms with Crippen molar-refractivity contribution >= 4 is 5.69 Å². The lowest BCUT2D eigenvalue weighted by atomic mass is 9.99. The topological polar surface area (TPSA) is 24.1 Å². The number of hydrogen-bond donors (Lipinski definition) is 2. The maximum Gasteiger partial charge on any atom is 0.0418 e. The summed E-state index contributed by atoms with van der Waals surface area (Å²) in [6.07, 6.45) is 3.54. The minimum atomic E-state index is 0.946. The maximum absolute atomic E-state index is 3.58. The Morgan fingerprint density at radius 1 is 1.14 bits per heavy atom. The standard InChI is InChI=1S/C19H24N2/c1-15-5-2-6-16(13-15)10-12-20-14-18-8-3-7-17-9-4-11-21-19(17)18/h2-3,5-8,13,20-21H,4,9-12,14H2,1H3. The molecule has 2 N–H and O–H groups in total. The third-order valence-electron chi connectivity index (χ3n) is 4.15. The molecule has 0 saturated carbocycles. The van der Waals surface area contributed by atoms with Crippen LogP contribution >= 0.6 is 0 Å². The van der Waals surface area contributed by atoms with Gasteiger partial charge in [0.25, 0.3) is 0 Å². The SMILES string of the molecule is Cc1cccc(CCNCc2cccc3c2NCCC3)c1. The molecule has 0 spiro atoms. The molecule has 1 aliphatic heterocycles. The Kier molecular flexibility index (Phi) is 4.56. The van der Waals surface area contributed by atoms with Gasteiger partial charge in [0.1, 0.15) is 0 Å². The van der Waals surface area contributed by atoms with Crippen LogP contribution in [0.3, 0.4) is 0 Å². The average molecular weight is 280 g/mol. The molecule has 2 aromatic carbocycles. The van der Waals surface area contributed by atoms with Crippen LogP contribution in [0.25, 0.3) is 0 Å². The minimum Gasteiger partial charge on any atom is -0.385 e. The van der Waals surface area contributed by atoms with E-state index in [1.165, 1.54) is 40.8 Å². The van der Waals surface area contributed by atoms with Gasteiger partial charge >= 0.3 is 0 Å². The Bertz CT molecular complexity index is 604. The number of anilines is 1. The van der Waals surface area contributed by atoms with Crippen molar-refractivity contribution in [2.75, 3.05) is 18.4 Å². The number of hydrogen-bond acceptors (Lipinski definition) is 2. The summed E-state index contributed by atoms with van der Waals surface area (Å²) in [7, 11) is 0. The van der Waals surface area contributed by atoms with Crippen LogP contribution in [0.2, 0.25) is 0 Å². The molecule has 0 amide bonds. The zero-order chi connectivity index (χ0) is 14.5. The Labute approximate surface area is 127 Å². The number of benzene rings is 2. The molecule has 0 radical (unpaired) electrons. The molecule has 0 unspecified atom stereocenters. The van der Waals surface area contributed by atoms with E-state index in [2.05, 4.69) is 60.0 Å². The molecule has 0 saturated heterocycles. The van der Waals surface area contributed by atoms with Crippen LogP contribution in [0, 0.1) is 6.92 Å². The number of rotatable bonds is 5. The van der Waals surface area contributed by atoms with Gasteiger partial charge in [-0.3, -0.25) is 0 Å². The second-order valence-corrected chi connectivity index (χ2v) is 5.90. The van der Waals surface area contributed by atoms with Crippen molar-refractivity contribution in [2.24, 2.45) is 0 Å². The van der Waals surface area contributed by atoms with Gasteiger partial charge in [-0.1, -0.05) is 48.0 Å². The first-order valence-corrected chi connectivity index (χ1v) is 7.94. The highest BCUT2D eigenvalue weighted by Crippen LogP contribution is 2.25. The molecule has 110 valence electrons. The summed E-state index contributed by atoms with van der Waals surface area (Å²) < 4.78 is 0. The third kappa shape index (κ3) is 3.64. The molecule has 1 heterocycles. The Morgan fingerprint density at radius 2 is 2.05 bits per heavy atom. The predicted octanol–water partition coefficient (Wildman–Crippen LogP) is 3.69. The Hall–Kier alpha value is -1.80. The predicted molar refractivity (Wildman–Crippen MR) is 89.8 cm³/mol. The first-order chi connectivity index (χ1) is 10.3. The third-order valence-corrected chi connectivity index (χ3v) is 4.15. The highest BCUT2D eigenvalue weighted by molar-refractivity contribution is 5.59. The normalized spacial score (nSPS) is 13.6. The van der Waals surface area contributed by atoms with E-state index in [1.807, 2.05) is 0 Å². The summed E-state index contributed by atoms with van der Waals surface area (Å²) in [6, 6.07) is 15.4. The second-order valence-electron chi connectivity index (χ2n) is 5.90. The van der Waals surface area contributed by atoms with Gasteiger partial charge in [0.2, 0.25) is 0 Å². The lowest BCUT2D eigenvalue weighted by molar-refractivity contribution is 0.684. The van der Waals surface area contributed by atoms with Gasteiger partial charge in [-0.05, 0) is 49.4 Å². The monoisotopic (exact) mass is 280 g/mol. The summed E-state index contributed by atoms with van der Waals surface area (Å²) in [5.74, 6) is 0.